The average molecular weight is 391 g/mol. The lowest BCUT2D eigenvalue weighted by Gasteiger charge is -2.39. The molecule has 1 atom stereocenters. The first-order valence-electron chi connectivity index (χ1n) is 10.3. The summed E-state index contributed by atoms with van der Waals surface area (Å²) in [6.45, 7) is 0.302. The Bertz CT molecular complexity index is 988. The number of carbonyl (C=O) groups excluding carboxylic acids is 1. The van der Waals surface area contributed by atoms with Crippen molar-refractivity contribution in [2.45, 2.75) is 50.2 Å². The fourth-order valence-corrected chi connectivity index (χ4v) is 4.52. The third-order valence-electron chi connectivity index (χ3n) is 6.03. The zero-order chi connectivity index (χ0) is 20.3. The number of hydrogen-bond donors (Lipinski definition) is 2. The lowest BCUT2D eigenvalue weighted by atomic mass is 9.71. The van der Waals surface area contributed by atoms with Crippen LogP contribution in [0.15, 0.2) is 66.7 Å². The number of amides is 1. The lowest BCUT2D eigenvalue weighted by Crippen LogP contribution is -2.46. The normalized spacial score (nSPS) is 17.0. The first-order valence-corrected chi connectivity index (χ1v) is 10.3. The van der Waals surface area contributed by atoms with E-state index in [-0.39, 0.29) is 11.7 Å². The van der Waals surface area contributed by atoms with Gasteiger partial charge in [-0.1, -0.05) is 73.9 Å². The third kappa shape index (κ3) is 4.18. The Labute approximate surface area is 170 Å². The molecule has 4 rings (SSSR count). The number of aliphatic hydroxyl groups is 1. The molecule has 3 aromatic carbocycles. The highest BCUT2D eigenvalue weighted by atomic mass is 19.1. The van der Waals surface area contributed by atoms with Crippen molar-refractivity contribution in [1.29, 1.82) is 0 Å². The molecule has 0 aromatic heterocycles. The molecule has 2 N–H and O–H groups in total. The summed E-state index contributed by atoms with van der Waals surface area (Å²) in [6.07, 6.45) is 4.16. The molecular weight excluding hydrogens is 365 g/mol. The minimum absolute atomic E-state index is 0.185. The van der Waals surface area contributed by atoms with Crippen LogP contribution in [0.3, 0.4) is 0 Å². The van der Waals surface area contributed by atoms with E-state index in [0.717, 1.165) is 41.2 Å². The van der Waals surface area contributed by atoms with Gasteiger partial charge in [0.05, 0.1) is 11.5 Å². The predicted octanol–water partition coefficient (Wildman–Crippen LogP) is 5.07. The molecular formula is C25H26FNO2. The third-order valence-corrected chi connectivity index (χ3v) is 6.03. The topological polar surface area (TPSA) is 49.3 Å². The van der Waals surface area contributed by atoms with Crippen LogP contribution >= 0.6 is 0 Å². The summed E-state index contributed by atoms with van der Waals surface area (Å²) in [5.41, 5.74) is 0.631. The van der Waals surface area contributed by atoms with E-state index in [4.69, 9.17) is 0 Å². The van der Waals surface area contributed by atoms with E-state index >= 15 is 0 Å². The maximum atomic E-state index is 13.4. The van der Waals surface area contributed by atoms with Gasteiger partial charge in [0.1, 0.15) is 5.82 Å². The fraction of sp³-hybridized carbons (Fsp3) is 0.320. The molecule has 0 heterocycles. The van der Waals surface area contributed by atoms with Crippen LogP contribution in [0.4, 0.5) is 4.39 Å². The van der Waals surface area contributed by atoms with Crippen LogP contribution in [0.2, 0.25) is 0 Å². The summed E-state index contributed by atoms with van der Waals surface area (Å²) in [5, 5.41) is 16.6. The Kier molecular flexibility index (Phi) is 5.63. The monoisotopic (exact) mass is 391 g/mol. The number of nitrogens with one attached hydrogen (secondary N) is 1. The number of halogens is 1. The van der Waals surface area contributed by atoms with Crippen molar-refractivity contribution in [3.8, 4) is 0 Å². The molecule has 0 bridgehead atoms. The summed E-state index contributed by atoms with van der Waals surface area (Å²) in [7, 11) is 0. The highest BCUT2D eigenvalue weighted by Gasteiger charge is 2.43. The highest BCUT2D eigenvalue weighted by Crippen LogP contribution is 2.42. The highest BCUT2D eigenvalue weighted by molar-refractivity contribution is 5.93. The van der Waals surface area contributed by atoms with Crippen LogP contribution in [0, 0.1) is 5.82 Å². The largest absolute Gasteiger partial charge is 0.389 e. The maximum Gasteiger partial charge on any atom is 0.230 e. The second-order valence-electron chi connectivity index (χ2n) is 8.01. The Morgan fingerprint density at radius 3 is 2.41 bits per heavy atom. The predicted molar refractivity (Wildman–Crippen MR) is 113 cm³/mol. The Hall–Kier alpha value is -2.72. The van der Waals surface area contributed by atoms with Crippen molar-refractivity contribution in [1.82, 2.24) is 5.32 Å². The molecule has 1 unspecified atom stereocenters. The molecule has 0 radical (unpaired) electrons. The van der Waals surface area contributed by atoms with Gasteiger partial charge in [-0.15, -0.1) is 0 Å². The molecule has 150 valence electrons. The van der Waals surface area contributed by atoms with Crippen LogP contribution in [-0.4, -0.2) is 16.6 Å². The molecule has 0 saturated heterocycles. The van der Waals surface area contributed by atoms with Crippen molar-refractivity contribution < 1.29 is 14.3 Å². The van der Waals surface area contributed by atoms with E-state index < -0.39 is 11.5 Å². The van der Waals surface area contributed by atoms with E-state index in [0.29, 0.717) is 19.4 Å². The summed E-state index contributed by atoms with van der Waals surface area (Å²) in [6, 6.07) is 20.0. The maximum absolute atomic E-state index is 13.4. The van der Waals surface area contributed by atoms with Crippen LogP contribution in [0.25, 0.3) is 10.8 Å². The molecule has 3 aromatic rings. The van der Waals surface area contributed by atoms with Gasteiger partial charge in [-0.25, -0.2) is 4.39 Å². The van der Waals surface area contributed by atoms with Gasteiger partial charge in [0.2, 0.25) is 5.91 Å². The Morgan fingerprint density at radius 2 is 1.66 bits per heavy atom. The Balaban J connectivity index is 1.68. The van der Waals surface area contributed by atoms with Crippen molar-refractivity contribution >= 4 is 16.7 Å². The lowest BCUT2D eigenvalue weighted by molar-refractivity contribution is -0.131. The molecule has 0 spiro atoms. The van der Waals surface area contributed by atoms with Crippen LogP contribution in [0.1, 0.15) is 49.1 Å². The van der Waals surface area contributed by atoms with E-state index in [2.05, 4.69) is 5.32 Å². The molecule has 1 fully saturated rings. The second kappa shape index (κ2) is 8.34. The van der Waals surface area contributed by atoms with Crippen LogP contribution in [0.5, 0.6) is 0 Å². The number of benzene rings is 3. The summed E-state index contributed by atoms with van der Waals surface area (Å²) in [4.78, 5) is 13.4. The quantitative estimate of drug-likeness (QED) is 0.638. The second-order valence-corrected chi connectivity index (χ2v) is 8.01. The van der Waals surface area contributed by atoms with Crippen molar-refractivity contribution in [3.63, 3.8) is 0 Å². The number of hydrogen-bond acceptors (Lipinski definition) is 2. The van der Waals surface area contributed by atoms with Gasteiger partial charge in [-0.3, -0.25) is 4.79 Å². The van der Waals surface area contributed by atoms with Crippen LogP contribution < -0.4 is 5.32 Å². The van der Waals surface area contributed by atoms with Gasteiger partial charge in [-0.05, 0) is 46.9 Å². The van der Waals surface area contributed by atoms with Gasteiger partial charge in [-0.2, -0.15) is 0 Å². The molecule has 4 heteroatoms. The standard InChI is InChI=1S/C25H26FNO2/c26-20-13-11-18(12-14-20)17-27-24(28)23(25(29)15-4-1-5-16-25)22-10-6-8-19-7-2-3-9-21(19)22/h2-3,6-14,23,29H,1,4-5,15-17H2,(H,27,28). The minimum atomic E-state index is -1.06. The molecule has 29 heavy (non-hydrogen) atoms. The molecule has 1 aliphatic rings. The molecule has 3 nitrogen and oxygen atoms in total. The summed E-state index contributed by atoms with van der Waals surface area (Å²) >= 11 is 0. The van der Waals surface area contributed by atoms with Gasteiger partial charge < -0.3 is 10.4 Å². The first-order chi connectivity index (χ1) is 14.1. The van der Waals surface area contributed by atoms with Crippen molar-refractivity contribution in [2.24, 2.45) is 0 Å². The SMILES string of the molecule is O=C(NCc1ccc(F)cc1)C(c1cccc2ccccc12)C1(O)CCCCC1. The van der Waals surface area contributed by atoms with Crippen LogP contribution in [-0.2, 0) is 11.3 Å². The summed E-state index contributed by atoms with van der Waals surface area (Å²) < 4.78 is 13.2. The average Bonchev–Trinajstić information content (AvgIpc) is 2.74. The minimum Gasteiger partial charge on any atom is -0.389 e. The number of rotatable bonds is 5. The van der Waals surface area contributed by atoms with E-state index in [9.17, 15) is 14.3 Å². The zero-order valence-corrected chi connectivity index (χ0v) is 16.4. The van der Waals surface area contributed by atoms with Gasteiger partial charge >= 0.3 is 0 Å². The number of carbonyl (C=O) groups is 1. The van der Waals surface area contributed by atoms with E-state index in [1.54, 1.807) is 12.1 Å². The van der Waals surface area contributed by atoms with Crippen molar-refractivity contribution in [2.75, 3.05) is 0 Å². The number of fused-ring (bicyclic) bond motifs is 1. The van der Waals surface area contributed by atoms with Gasteiger partial charge in [0.25, 0.3) is 0 Å². The molecule has 1 amide bonds. The fourth-order valence-electron chi connectivity index (χ4n) is 4.52. The molecule has 1 aliphatic carbocycles. The van der Waals surface area contributed by atoms with E-state index in [1.807, 2.05) is 42.5 Å². The van der Waals surface area contributed by atoms with Gasteiger partial charge in [0, 0.05) is 6.54 Å². The molecule has 0 aliphatic heterocycles. The Morgan fingerprint density at radius 1 is 0.966 bits per heavy atom. The first kappa shape index (κ1) is 19.6. The summed E-state index contributed by atoms with van der Waals surface area (Å²) in [5.74, 6) is -1.13. The van der Waals surface area contributed by atoms with E-state index in [1.165, 1.54) is 12.1 Å². The van der Waals surface area contributed by atoms with Crippen molar-refractivity contribution in [3.05, 3.63) is 83.7 Å². The smallest absolute Gasteiger partial charge is 0.230 e. The van der Waals surface area contributed by atoms with Gasteiger partial charge in [0.15, 0.2) is 0 Å². The zero-order valence-electron chi connectivity index (χ0n) is 16.4. The molecule has 1 saturated carbocycles.